The van der Waals surface area contributed by atoms with E-state index in [4.69, 9.17) is 9.47 Å². The second kappa shape index (κ2) is 39.5. The van der Waals surface area contributed by atoms with Crippen LogP contribution < -0.4 is 0 Å². The van der Waals surface area contributed by atoms with Crippen LogP contribution in [0.5, 0.6) is 0 Å². The summed E-state index contributed by atoms with van der Waals surface area (Å²) in [5.41, 5.74) is 0. The SMILES string of the molecule is CCCCCCC(CCCC)COC(=O)CCCCCCCN(CCCCO)CCCCCCCC(O)OCC(CCCC)CCCCCC. The van der Waals surface area contributed by atoms with E-state index >= 15 is 0 Å². The lowest BCUT2D eigenvalue weighted by molar-refractivity contribution is -0.145. The lowest BCUT2D eigenvalue weighted by Crippen LogP contribution is -2.27. The summed E-state index contributed by atoms with van der Waals surface area (Å²) in [6, 6.07) is 0. The molecular formula is C44H89NO5. The minimum Gasteiger partial charge on any atom is -0.465 e. The Morgan fingerprint density at radius 1 is 0.500 bits per heavy atom. The van der Waals surface area contributed by atoms with Crippen LogP contribution in [-0.2, 0) is 14.3 Å². The van der Waals surface area contributed by atoms with Gasteiger partial charge in [0.25, 0.3) is 0 Å². The third kappa shape index (κ3) is 34.4. The molecule has 0 saturated heterocycles. The average molecular weight is 712 g/mol. The van der Waals surface area contributed by atoms with Gasteiger partial charge in [0, 0.05) is 13.0 Å². The molecule has 0 fully saturated rings. The molecule has 0 aliphatic heterocycles. The van der Waals surface area contributed by atoms with Crippen LogP contribution in [0.2, 0.25) is 0 Å². The Bertz CT molecular complexity index is 677. The number of ether oxygens (including phenoxy) is 2. The minimum absolute atomic E-state index is 0.000861. The Balaban J connectivity index is 4.08. The van der Waals surface area contributed by atoms with Crippen LogP contribution in [0.1, 0.15) is 220 Å². The number of carbonyl (C=O) groups excluding carboxylic acids is 1. The minimum atomic E-state index is -0.608. The van der Waals surface area contributed by atoms with E-state index in [-0.39, 0.29) is 12.6 Å². The highest BCUT2D eigenvalue weighted by Gasteiger charge is 2.14. The quantitative estimate of drug-likeness (QED) is 0.0373. The molecule has 0 aromatic carbocycles. The second-order valence-electron chi connectivity index (χ2n) is 15.5. The highest BCUT2D eigenvalue weighted by molar-refractivity contribution is 5.69. The number of unbranched alkanes of at least 4 members (excludes halogenated alkanes) is 17. The first-order valence-corrected chi connectivity index (χ1v) is 22.3. The average Bonchev–Trinajstić information content (AvgIpc) is 3.12. The van der Waals surface area contributed by atoms with Crippen molar-refractivity contribution >= 4 is 5.97 Å². The van der Waals surface area contributed by atoms with Crippen molar-refractivity contribution in [2.75, 3.05) is 39.5 Å². The zero-order valence-electron chi connectivity index (χ0n) is 34.3. The Kier molecular flexibility index (Phi) is 39.0. The van der Waals surface area contributed by atoms with Gasteiger partial charge in [-0.25, -0.2) is 0 Å². The molecule has 0 aromatic heterocycles. The van der Waals surface area contributed by atoms with E-state index in [1.165, 1.54) is 141 Å². The molecule has 6 heteroatoms. The van der Waals surface area contributed by atoms with Gasteiger partial charge in [-0.15, -0.1) is 0 Å². The lowest BCUT2D eigenvalue weighted by atomic mass is 9.96. The first-order chi connectivity index (χ1) is 24.5. The summed E-state index contributed by atoms with van der Waals surface area (Å²) in [7, 11) is 0. The van der Waals surface area contributed by atoms with Crippen molar-refractivity contribution in [1.82, 2.24) is 4.90 Å². The Morgan fingerprint density at radius 3 is 1.46 bits per heavy atom. The van der Waals surface area contributed by atoms with E-state index in [1.807, 2.05) is 0 Å². The summed E-state index contributed by atoms with van der Waals surface area (Å²) in [5.74, 6) is 1.14. The Labute approximate surface area is 312 Å². The van der Waals surface area contributed by atoms with Crippen molar-refractivity contribution in [3.8, 4) is 0 Å². The molecule has 0 aliphatic carbocycles. The number of esters is 1. The van der Waals surface area contributed by atoms with E-state index in [2.05, 4.69) is 32.6 Å². The van der Waals surface area contributed by atoms with Crippen LogP contribution in [0.4, 0.5) is 0 Å². The first-order valence-electron chi connectivity index (χ1n) is 22.3. The maximum Gasteiger partial charge on any atom is 0.305 e. The Morgan fingerprint density at radius 2 is 0.920 bits per heavy atom. The third-order valence-corrected chi connectivity index (χ3v) is 10.5. The number of aliphatic hydroxyl groups excluding tert-OH is 2. The van der Waals surface area contributed by atoms with Gasteiger partial charge in [-0.3, -0.25) is 4.79 Å². The molecule has 0 aromatic rings. The number of nitrogens with zero attached hydrogens (tertiary/aromatic N) is 1. The molecule has 3 unspecified atom stereocenters. The zero-order chi connectivity index (χ0) is 36.8. The van der Waals surface area contributed by atoms with Crippen LogP contribution >= 0.6 is 0 Å². The van der Waals surface area contributed by atoms with Crippen molar-refractivity contribution < 1.29 is 24.5 Å². The standard InChI is InChI=1S/C44H89NO5/c1-5-9-13-21-31-41(29-11-7-3)39-49-43(47)33-23-17-15-19-25-35-45(37-27-28-38-46)36-26-20-16-18-24-34-44(48)50-40-42(30-12-8-4)32-22-14-10-6-2/h41-43,46-47H,5-40H2,1-4H3. The van der Waals surface area contributed by atoms with Gasteiger partial charge in [0.05, 0.1) is 13.2 Å². The monoisotopic (exact) mass is 712 g/mol. The van der Waals surface area contributed by atoms with Gasteiger partial charge in [0.1, 0.15) is 0 Å². The van der Waals surface area contributed by atoms with Crippen molar-refractivity contribution in [1.29, 1.82) is 0 Å². The zero-order valence-corrected chi connectivity index (χ0v) is 34.3. The number of hydrogen-bond acceptors (Lipinski definition) is 6. The smallest absolute Gasteiger partial charge is 0.305 e. The largest absolute Gasteiger partial charge is 0.465 e. The predicted octanol–water partition coefficient (Wildman–Crippen LogP) is 12.2. The summed E-state index contributed by atoms with van der Waals surface area (Å²) in [5, 5.41) is 19.7. The van der Waals surface area contributed by atoms with Crippen molar-refractivity contribution in [3.63, 3.8) is 0 Å². The molecule has 0 amide bonds. The first kappa shape index (κ1) is 49.3. The van der Waals surface area contributed by atoms with E-state index in [1.54, 1.807) is 0 Å². The van der Waals surface area contributed by atoms with E-state index in [0.29, 0.717) is 31.5 Å². The molecule has 0 saturated carbocycles. The fraction of sp³-hybridized carbons (Fsp3) is 0.977. The van der Waals surface area contributed by atoms with Crippen molar-refractivity contribution in [2.45, 2.75) is 227 Å². The maximum atomic E-state index is 12.4. The van der Waals surface area contributed by atoms with Gasteiger partial charge in [-0.2, -0.15) is 0 Å². The molecule has 300 valence electrons. The fourth-order valence-electron chi connectivity index (χ4n) is 7.04. The molecule has 3 atom stereocenters. The molecule has 50 heavy (non-hydrogen) atoms. The third-order valence-electron chi connectivity index (χ3n) is 10.5. The van der Waals surface area contributed by atoms with Gasteiger partial charge >= 0.3 is 5.97 Å². The van der Waals surface area contributed by atoms with Crippen LogP contribution in [0.15, 0.2) is 0 Å². The van der Waals surface area contributed by atoms with Crippen LogP contribution in [-0.4, -0.2) is 66.8 Å². The number of rotatable bonds is 41. The van der Waals surface area contributed by atoms with Crippen LogP contribution in [0, 0.1) is 11.8 Å². The number of carbonyl (C=O) groups is 1. The lowest BCUT2D eigenvalue weighted by Gasteiger charge is -2.22. The molecule has 0 bridgehead atoms. The topological polar surface area (TPSA) is 79.2 Å². The number of hydrogen-bond donors (Lipinski definition) is 2. The molecule has 0 aliphatic rings. The highest BCUT2D eigenvalue weighted by atomic mass is 16.6. The van der Waals surface area contributed by atoms with Crippen LogP contribution in [0.3, 0.4) is 0 Å². The summed E-state index contributed by atoms with van der Waals surface area (Å²) < 4.78 is 11.6. The van der Waals surface area contributed by atoms with E-state index < -0.39 is 6.29 Å². The highest BCUT2D eigenvalue weighted by Crippen LogP contribution is 2.20. The van der Waals surface area contributed by atoms with Crippen LogP contribution in [0.25, 0.3) is 0 Å². The normalized spacial score (nSPS) is 13.6. The summed E-state index contributed by atoms with van der Waals surface area (Å²) in [6.45, 7) is 14.0. The molecule has 0 radical (unpaired) electrons. The molecule has 6 nitrogen and oxygen atoms in total. The maximum absolute atomic E-state index is 12.4. The summed E-state index contributed by atoms with van der Waals surface area (Å²) >= 11 is 0. The van der Waals surface area contributed by atoms with Gasteiger partial charge in [-0.05, 0) is 102 Å². The predicted molar refractivity (Wildman–Crippen MR) is 215 cm³/mol. The van der Waals surface area contributed by atoms with E-state index in [9.17, 15) is 15.0 Å². The van der Waals surface area contributed by atoms with Gasteiger partial charge in [0.2, 0.25) is 0 Å². The van der Waals surface area contributed by atoms with Crippen molar-refractivity contribution in [3.05, 3.63) is 0 Å². The second-order valence-corrected chi connectivity index (χ2v) is 15.5. The van der Waals surface area contributed by atoms with Gasteiger partial charge in [0.15, 0.2) is 6.29 Å². The molecule has 0 rings (SSSR count). The molecule has 2 N–H and O–H groups in total. The molecule has 0 spiro atoms. The molecular weight excluding hydrogens is 622 g/mol. The summed E-state index contributed by atoms with van der Waals surface area (Å²) in [4.78, 5) is 15.0. The van der Waals surface area contributed by atoms with Gasteiger partial charge < -0.3 is 24.6 Å². The number of aliphatic hydroxyl groups is 2. The van der Waals surface area contributed by atoms with E-state index in [0.717, 1.165) is 64.6 Å². The Hall–Kier alpha value is -0.690. The summed E-state index contributed by atoms with van der Waals surface area (Å²) in [6.07, 6.45) is 34.3. The van der Waals surface area contributed by atoms with Crippen molar-refractivity contribution in [2.24, 2.45) is 11.8 Å². The van der Waals surface area contributed by atoms with Gasteiger partial charge in [-0.1, -0.05) is 143 Å². The fourth-order valence-corrected chi connectivity index (χ4v) is 7.04. The molecule has 0 heterocycles.